The van der Waals surface area contributed by atoms with E-state index in [1.807, 2.05) is 0 Å². The smallest absolute Gasteiger partial charge is 0.262 e. The van der Waals surface area contributed by atoms with Crippen molar-refractivity contribution in [1.82, 2.24) is 0 Å². The van der Waals surface area contributed by atoms with Crippen molar-refractivity contribution in [3.05, 3.63) is 53.1 Å². The van der Waals surface area contributed by atoms with Crippen LogP contribution in [-0.2, 0) is 4.79 Å². The van der Waals surface area contributed by atoms with E-state index in [-0.39, 0.29) is 12.5 Å². The molecule has 1 amide bonds. The van der Waals surface area contributed by atoms with E-state index >= 15 is 0 Å². The molecule has 2 aromatic rings. The Balaban J connectivity index is 1.89. The van der Waals surface area contributed by atoms with Crippen LogP contribution in [0.4, 0.5) is 5.69 Å². The molecule has 1 N–H and O–H groups in total. The molecule has 0 unspecified atom stereocenters. The van der Waals surface area contributed by atoms with Crippen molar-refractivity contribution in [2.45, 2.75) is 0 Å². The fourth-order valence-electron chi connectivity index (χ4n) is 1.73. The highest BCUT2D eigenvalue weighted by atomic mass is 35.5. The largest absolute Gasteiger partial charge is 0.495 e. The molecule has 114 valence electrons. The van der Waals surface area contributed by atoms with E-state index in [4.69, 9.17) is 21.1 Å². The zero-order valence-electron chi connectivity index (χ0n) is 11.8. The number of nitrogens with one attached hydrogen (secondary N) is 1. The maximum absolute atomic E-state index is 11.8. The first-order valence-corrected chi connectivity index (χ1v) is 6.81. The molecule has 0 saturated heterocycles. The van der Waals surface area contributed by atoms with E-state index in [1.54, 1.807) is 42.5 Å². The molecule has 0 aromatic heterocycles. The summed E-state index contributed by atoms with van der Waals surface area (Å²) in [6.07, 6.45) is 0.740. The third-order valence-electron chi connectivity index (χ3n) is 2.82. The minimum atomic E-state index is -0.319. The fraction of sp³-hybridized carbons (Fsp3) is 0.125. The number of carbonyl (C=O) groups excluding carboxylic acids is 2. The van der Waals surface area contributed by atoms with E-state index in [1.165, 1.54) is 7.11 Å². The minimum absolute atomic E-state index is 0.149. The average molecular weight is 320 g/mol. The first kappa shape index (κ1) is 15.9. The minimum Gasteiger partial charge on any atom is -0.495 e. The molecule has 6 heteroatoms. The second-order valence-electron chi connectivity index (χ2n) is 4.37. The van der Waals surface area contributed by atoms with Crippen LogP contribution in [0.3, 0.4) is 0 Å². The number of carbonyl (C=O) groups is 2. The van der Waals surface area contributed by atoms with Crippen molar-refractivity contribution in [2.24, 2.45) is 0 Å². The first-order valence-electron chi connectivity index (χ1n) is 6.44. The Morgan fingerprint density at radius 2 is 1.95 bits per heavy atom. The molecular formula is C16H14ClNO4. The number of aldehydes is 1. The van der Waals surface area contributed by atoms with Crippen LogP contribution in [0.25, 0.3) is 0 Å². The van der Waals surface area contributed by atoms with Crippen LogP contribution >= 0.6 is 11.6 Å². The molecular weight excluding hydrogens is 306 g/mol. The van der Waals surface area contributed by atoms with E-state index in [0.717, 1.165) is 6.29 Å². The number of hydrogen-bond acceptors (Lipinski definition) is 4. The lowest BCUT2D eigenvalue weighted by Gasteiger charge is -2.09. The number of methoxy groups -OCH3 is 1. The van der Waals surface area contributed by atoms with Gasteiger partial charge in [0.25, 0.3) is 5.91 Å². The standard InChI is InChI=1S/C16H14ClNO4/c1-21-15-7-4-12(8-14(15)17)18-16(20)10-22-13-5-2-11(9-19)3-6-13/h2-9H,10H2,1H3,(H,18,20). The number of ether oxygens (including phenoxy) is 2. The van der Waals surface area contributed by atoms with Gasteiger partial charge in [-0.3, -0.25) is 9.59 Å². The third-order valence-corrected chi connectivity index (χ3v) is 3.12. The Bertz CT molecular complexity index is 670. The zero-order valence-corrected chi connectivity index (χ0v) is 12.6. The van der Waals surface area contributed by atoms with Crippen molar-refractivity contribution in [3.8, 4) is 11.5 Å². The molecule has 2 rings (SSSR count). The fourth-order valence-corrected chi connectivity index (χ4v) is 1.99. The number of anilines is 1. The van der Waals surface area contributed by atoms with Gasteiger partial charge in [-0.2, -0.15) is 0 Å². The van der Waals surface area contributed by atoms with E-state index in [9.17, 15) is 9.59 Å². The second kappa shape index (κ2) is 7.47. The lowest BCUT2D eigenvalue weighted by molar-refractivity contribution is -0.118. The van der Waals surface area contributed by atoms with Gasteiger partial charge in [-0.15, -0.1) is 0 Å². The highest BCUT2D eigenvalue weighted by Crippen LogP contribution is 2.27. The van der Waals surface area contributed by atoms with Gasteiger partial charge < -0.3 is 14.8 Å². The van der Waals surface area contributed by atoms with Gasteiger partial charge in [-0.05, 0) is 42.5 Å². The summed E-state index contributed by atoms with van der Waals surface area (Å²) in [6, 6.07) is 11.4. The molecule has 0 saturated carbocycles. The lowest BCUT2D eigenvalue weighted by Crippen LogP contribution is -2.20. The molecule has 0 aliphatic heterocycles. The van der Waals surface area contributed by atoms with Gasteiger partial charge in [0.1, 0.15) is 17.8 Å². The van der Waals surface area contributed by atoms with Gasteiger partial charge in [-0.1, -0.05) is 11.6 Å². The molecule has 22 heavy (non-hydrogen) atoms. The number of rotatable bonds is 6. The van der Waals surface area contributed by atoms with Gasteiger partial charge in [0.05, 0.1) is 12.1 Å². The van der Waals surface area contributed by atoms with Crippen molar-refractivity contribution in [1.29, 1.82) is 0 Å². The summed E-state index contributed by atoms with van der Waals surface area (Å²) >= 11 is 5.98. The van der Waals surface area contributed by atoms with Gasteiger partial charge in [0, 0.05) is 11.3 Å². The van der Waals surface area contributed by atoms with Gasteiger partial charge in [0.2, 0.25) is 0 Å². The van der Waals surface area contributed by atoms with Gasteiger partial charge in [0.15, 0.2) is 6.61 Å². The van der Waals surface area contributed by atoms with Crippen molar-refractivity contribution in [3.63, 3.8) is 0 Å². The van der Waals surface area contributed by atoms with E-state index in [2.05, 4.69) is 5.32 Å². The quantitative estimate of drug-likeness (QED) is 0.831. The second-order valence-corrected chi connectivity index (χ2v) is 4.78. The molecule has 0 fully saturated rings. The lowest BCUT2D eigenvalue weighted by atomic mass is 10.2. The summed E-state index contributed by atoms with van der Waals surface area (Å²) in [5, 5.41) is 3.07. The highest BCUT2D eigenvalue weighted by molar-refractivity contribution is 6.32. The maximum Gasteiger partial charge on any atom is 0.262 e. The summed E-state index contributed by atoms with van der Waals surface area (Å²) in [7, 11) is 1.52. The van der Waals surface area contributed by atoms with Crippen LogP contribution in [0.15, 0.2) is 42.5 Å². The zero-order chi connectivity index (χ0) is 15.9. The maximum atomic E-state index is 11.8. The Morgan fingerprint density at radius 1 is 1.23 bits per heavy atom. The van der Waals surface area contributed by atoms with Crippen LogP contribution in [0, 0.1) is 0 Å². The average Bonchev–Trinajstić information content (AvgIpc) is 2.53. The molecule has 2 aromatic carbocycles. The van der Waals surface area contributed by atoms with Crippen LogP contribution in [0.1, 0.15) is 10.4 Å². The van der Waals surface area contributed by atoms with Crippen LogP contribution in [0.2, 0.25) is 5.02 Å². The van der Waals surface area contributed by atoms with E-state index < -0.39 is 0 Å². The monoisotopic (exact) mass is 319 g/mol. The number of hydrogen-bond donors (Lipinski definition) is 1. The molecule has 0 bridgehead atoms. The summed E-state index contributed by atoms with van der Waals surface area (Å²) in [6.45, 7) is -0.149. The summed E-state index contributed by atoms with van der Waals surface area (Å²) in [5.74, 6) is 0.723. The van der Waals surface area contributed by atoms with Gasteiger partial charge in [-0.25, -0.2) is 0 Å². The van der Waals surface area contributed by atoms with E-state index in [0.29, 0.717) is 27.8 Å². The molecule has 0 aliphatic carbocycles. The molecule has 0 aliphatic rings. The predicted molar refractivity (Wildman–Crippen MR) is 84.0 cm³/mol. The predicted octanol–water partition coefficient (Wildman–Crippen LogP) is 3.18. The summed E-state index contributed by atoms with van der Waals surface area (Å²) in [5.41, 5.74) is 1.10. The number of benzene rings is 2. The summed E-state index contributed by atoms with van der Waals surface area (Å²) in [4.78, 5) is 22.3. The highest BCUT2D eigenvalue weighted by Gasteiger charge is 2.06. The van der Waals surface area contributed by atoms with Crippen LogP contribution in [-0.4, -0.2) is 25.9 Å². The van der Waals surface area contributed by atoms with Crippen molar-refractivity contribution < 1.29 is 19.1 Å². The van der Waals surface area contributed by atoms with Crippen LogP contribution < -0.4 is 14.8 Å². The Morgan fingerprint density at radius 3 is 2.55 bits per heavy atom. The summed E-state index contributed by atoms with van der Waals surface area (Å²) < 4.78 is 10.4. The first-order chi connectivity index (χ1) is 10.6. The van der Waals surface area contributed by atoms with Crippen LogP contribution in [0.5, 0.6) is 11.5 Å². The molecule has 0 radical (unpaired) electrons. The Kier molecular flexibility index (Phi) is 5.38. The number of halogens is 1. The topological polar surface area (TPSA) is 64.6 Å². The van der Waals surface area contributed by atoms with Crippen molar-refractivity contribution >= 4 is 29.5 Å². The van der Waals surface area contributed by atoms with Crippen molar-refractivity contribution in [2.75, 3.05) is 19.0 Å². The SMILES string of the molecule is COc1ccc(NC(=O)COc2ccc(C=O)cc2)cc1Cl. The van der Waals surface area contributed by atoms with Gasteiger partial charge >= 0.3 is 0 Å². The molecule has 0 atom stereocenters. The molecule has 5 nitrogen and oxygen atoms in total. The Hall–Kier alpha value is -2.53. The number of amides is 1. The Labute approximate surface area is 132 Å². The molecule has 0 heterocycles. The third kappa shape index (κ3) is 4.23. The normalized spacial score (nSPS) is 9.91. The molecule has 0 spiro atoms.